The van der Waals surface area contributed by atoms with Crippen LogP contribution in [0.5, 0.6) is 5.75 Å². The summed E-state index contributed by atoms with van der Waals surface area (Å²) < 4.78 is 21.9. The van der Waals surface area contributed by atoms with E-state index in [2.05, 4.69) is 13.0 Å². The van der Waals surface area contributed by atoms with Crippen LogP contribution in [0.25, 0.3) is 0 Å². The number of ketones is 1. The summed E-state index contributed by atoms with van der Waals surface area (Å²) in [5.41, 5.74) is 2.20. The number of methoxy groups -OCH3 is 2. The van der Waals surface area contributed by atoms with Gasteiger partial charge >= 0.3 is 0 Å². The van der Waals surface area contributed by atoms with E-state index in [4.69, 9.17) is 18.9 Å². The molecule has 5 atom stereocenters. The molecule has 160 valence electrons. The molecule has 0 heterocycles. The van der Waals surface area contributed by atoms with Gasteiger partial charge in [0.15, 0.2) is 12.6 Å². The lowest BCUT2D eigenvalue weighted by Gasteiger charge is -2.46. The number of Topliss-reactive ketones (excluding diaryl/α,β-unsaturated/α-hetero) is 1. The minimum atomic E-state index is 0.126. The van der Waals surface area contributed by atoms with E-state index in [1.54, 1.807) is 14.2 Å². The number of ether oxygens (including phenoxy) is 4. The van der Waals surface area contributed by atoms with Crippen molar-refractivity contribution >= 4 is 5.78 Å². The average molecular weight is 403 g/mol. The molecule has 0 saturated heterocycles. The van der Waals surface area contributed by atoms with Crippen LogP contribution in [0.4, 0.5) is 0 Å². The van der Waals surface area contributed by atoms with Crippen molar-refractivity contribution < 1.29 is 23.7 Å². The van der Waals surface area contributed by atoms with Gasteiger partial charge in [0, 0.05) is 26.2 Å². The van der Waals surface area contributed by atoms with Crippen molar-refractivity contribution in [1.29, 1.82) is 0 Å². The minimum Gasteiger partial charge on any atom is -0.468 e. The largest absolute Gasteiger partial charge is 0.468 e. The molecule has 0 N–H and O–H groups in total. The maximum absolute atomic E-state index is 13.2. The smallest absolute Gasteiger partial charge is 0.188 e. The molecule has 3 aliphatic rings. The van der Waals surface area contributed by atoms with Crippen molar-refractivity contribution in [2.75, 3.05) is 27.8 Å². The van der Waals surface area contributed by atoms with Gasteiger partial charge in [0.25, 0.3) is 0 Å². The maximum atomic E-state index is 13.2. The Kier molecular flexibility index (Phi) is 6.28. The Balaban J connectivity index is 1.64. The highest BCUT2D eigenvalue weighted by Gasteiger charge is 2.53. The van der Waals surface area contributed by atoms with Crippen molar-refractivity contribution in [3.8, 4) is 5.75 Å². The molecule has 4 rings (SSSR count). The predicted octanol–water partition coefficient (Wildman–Crippen LogP) is 4.93. The zero-order chi connectivity index (χ0) is 20.4. The third-order valence-corrected chi connectivity index (χ3v) is 7.71. The second-order valence-electron chi connectivity index (χ2n) is 9.19. The Morgan fingerprint density at radius 3 is 2.69 bits per heavy atom. The Bertz CT molecular complexity index is 732. The van der Waals surface area contributed by atoms with Crippen molar-refractivity contribution in [1.82, 2.24) is 0 Å². The second kappa shape index (κ2) is 8.75. The van der Waals surface area contributed by atoms with Gasteiger partial charge < -0.3 is 18.9 Å². The molecule has 0 amide bonds. The number of fused-ring (bicyclic) bond motifs is 5. The third-order valence-electron chi connectivity index (χ3n) is 7.71. The SMILES string of the molecule is COCOc1ccc2c(c1)C(=O)CC1C2CCCCC2(C)C(OCOC)CCC12. The highest BCUT2D eigenvalue weighted by Crippen LogP contribution is 2.58. The molecular formula is C24H34O5. The Hall–Kier alpha value is -1.43. The van der Waals surface area contributed by atoms with Gasteiger partial charge in [-0.1, -0.05) is 25.8 Å². The lowest BCUT2D eigenvalue weighted by molar-refractivity contribution is -0.119. The number of hydrogen-bond acceptors (Lipinski definition) is 5. The first-order valence-electron chi connectivity index (χ1n) is 11.0. The lowest BCUT2D eigenvalue weighted by Crippen LogP contribution is -2.42. The molecule has 0 aliphatic heterocycles. The maximum Gasteiger partial charge on any atom is 0.188 e. The van der Waals surface area contributed by atoms with E-state index in [0.29, 0.717) is 36.7 Å². The molecule has 1 aromatic rings. The Morgan fingerprint density at radius 1 is 1.07 bits per heavy atom. The first kappa shape index (κ1) is 20.8. The predicted molar refractivity (Wildman–Crippen MR) is 110 cm³/mol. The molecule has 5 heteroatoms. The highest BCUT2D eigenvalue weighted by atomic mass is 16.7. The number of carbonyl (C=O) groups is 1. The molecule has 2 fully saturated rings. The molecule has 0 radical (unpaired) electrons. The van der Waals surface area contributed by atoms with Gasteiger partial charge in [-0.15, -0.1) is 0 Å². The van der Waals surface area contributed by atoms with Gasteiger partial charge in [-0.25, -0.2) is 0 Å². The summed E-state index contributed by atoms with van der Waals surface area (Å²) in [4.78, 5) is 13.2. The zero-order valence-corrected chi connectivity index (χ0v) is 17.9. The van der Waals surface area contributed by atoms with Crippen molar-refractivity contribution in [3.05, 3.63) is 29.3 Å². The molecule has 5 nitrogen and oxygen atoms in total. The van der Waals surface area contributed by atoms with Crippen LogP contribution in [0.15, 0.2) is 18.2 Å². The summed E-state index contributed by atoms with van der Waals surface area (Å²) in [5, 5.41) is 0. The molecule has 2 saturated carbocycles. The van der Waals surface area contributed by atoms with Crippen LogP contribution in [0.2, 0.25) is 0 Å². The van der Waals surface area contributed by atoms with E-state index in [-0.39, 0.29) is 24.1 Å². The van der Waals surface area contributed by atoms with Crippen LogP contribution in [0.3, 0.4) is 0 Å². The molecule has 3 aliphatic carbocycles. The van der Waals surface area contributed by atoms with Crippen molar-refractivity contribution in [2.45, 2.75) is 63.9 Å². The summed E-state index contributed by atoms with van der Waals surface area (Å²) in [7, 11) is 3.29. The van der Waals surface area contributed by atoms with Crippen LogP contribution in [0.1, 0.15) is 73.7 Å². The fraction of sp³-hybridized carbons (Fsp3) is 0.708. The molecular weight excluding hydrogens is 368 g/mol. The highest BCUT2D eigenvalue weighted by molar-refractivity contribution is 5.99. The van der Waals surface area contributed by atoms with E-state index < -0.39 is 0 Å². The number of rotatable bonds is 6. The molecule has 0 bridgehead atoms. The van der Waals surface area contributed by atoms with E-state index in [1.165, 1.54) is 31.2 Å². The zero-order valence-electron chi connectivity index (χ0n) is 17.9. The molecule has 29 heavy (non-hydrogen) atoms. The summed E-state index contributed by atoms with van der Waals surface area (Å²) >= 11 is 0. The fourth-order valence-electron chi connectivity index (χ4n) is 6.38. The number of carbonyl (C=O) groups excluding carboxylic acids is 1. The number of benzene rings is 1. The van der Waals surface area contributed by atoms with E-state index >= 15 is 0 Å². The third kappa shape index (κ3) is 3.85. The quantitative estimate of drug-likeness (QED) is 0.631. The summed E-state index contributed by atoms with van der Waals surface area (Å²) in [6.45, 7) is 2.95. The van der Waals surface area contributed by atoms with Crippen LogP contribution < -0.4 is 4.74 Å². The van der Waals surface area contributed by atoms with Gasteiger partial charge in [0.2, 0.25) is 0 Å². The van der Waals surface area contributed by atoms with Crippen molar-refractivity contribution in [2.24, 2.45) is 17.3 Å². The molecule has 5 unspecified atom stereocenters. The lowest BCUT2D eigenvalue weighted by atomic mass is 9.58. The summed E-state index contributed by atoms with van der Waals surface area (Å²) in [5.74, 6) is 2.35. The standard InChI is InChI=1S/C24H34O5/c1-24-11-5-4-6-17-18-8-7-16(28-14-26-2)12-20(18)22(25)13-19(17)21(24)9-10-23(24)29-15-27-3/h7-8,12,17,19,21,23H,4-6,9-11,13-15H2,1-3H3. The fourth-order valence-corrected chi connectivity index (χ4v) is 6.38. The van der Waals surface area contributed by atoms with Crippen LogP contribution in [0, 0.1) is 17.3 Å². The minimum absolute atomic E-state index is 0.126. The van der Waals surface area contributed by atoms with Gasteiger partial charge in [0.05, 0.1) is 6.10 Å². The summed E-state index contributed by atoms with van der Waals surface area (Å²) in [6.07, 6.45) is 7.86. The van der Waals surface area contributed by atoms with Crippen LogP contribution in [-0.4, -0.2) is 39.7 Å². The van der Waals surface area contributed by atoms with Gasteiger partial charge in [-0.3, -0.25) is 4.79 Å². The first-order chi connectivity index (χ1) is 14.1. The Labute approximate surface area is 174 Å². The van der Waals surface area contributed by atoms with E-state index in [1.807, 2.05) is 12.1 Å². The Morgan fingerprint density at radius 2 is 1.90 bits per heavy atom. The molecule has 1 aromatic carbocycles. The first-order valence-corrected chi connectivity index (χ1v) is 11.0. The molecule has 0 aromatic heterocycles. The van der Waals surface area contributed by atoms with Gasteiger partial charge in [0.1, 0.15) is 12.5 Å². The number of hydrogen-bond donors (Lipinski definition) is 0. The monoisotopic (exact) mass is 402 g/mol. The van der Waals surface area contributed by atoms with Gasteiger partial charge in [-0.2, -0.15) is 0 Å². The van der Waals surface area contributed by atoms with E-state index in [9.17, 15) is 4.79 Å². The van der Waals surface area contributed by atoms with Crippen LogP contribution in [-0.2, 0) is 14.2 Å². The van der Waals surface area contributed by atoms with E-state index in [0.717, 1.165) is 18.4 Å². The normalized spacial score (nSPS) is 34.0. The summed E-state index contributed by atoms with van der Waals surface area (Å²) in [6, 6.07) is 6.04. The average Bonchev–Trinajstić information content (AvgIpc) is 3.03. The van der Waals surface area contributed by atoms with Crippen molar-refractivity contribution in [3.63, 3.8) is 0 Å². The topological polar surface area (TPSA) is 54.0 Å². The van der Waals surface area contributed by atoms with Crippen LogP contribution >= 0.6 is 0 Å². The van der Waals surface area contributed by atoms with Gasteiger partial charge in [-0.05, 0) is 66.5 Å². The second-order valence-corrected chi connectivity index (χ2v) is 9.19. The molecule has 0 spiro atoms.